The van der Waals surface area contributed by atoms with E-state index in [1.807, 2.05) is 12.1 Å². The Kier molecular flexibility index (Phi) is 6.08. The molecule has 0 aliphatic heterocycles. The maximum Gasteiger partial charge on any atom is 0.309 e. The van der Waals surface area contributed by atoms with E-state index in [-0.39, 0.29) is 23.7 Å². The zero-order valence-electron chi connectivity index (χ0n) is 13.4. The smallest absolute Gasteiger partial charge is 0.309 e. The number of benzene rings is 1. The molecule has 0 aromatic heterocycles. The van der Waals surface area contributed by atoms with Gasteiger partial charge in [-0.2, -0.15) is 8.42 Å². The van der Waals surface area contributed by atoms with E-state index in [1.54, 1.807) is 12.1 Å². The third-order valence-corrected chi connectivity index (χ3v) is 6.35. The van der Waals surface area contributed by atoms with Crippen molar-refractivity contribution in [3.05, 3.63) is 29.8 Å². The fraction of sp³-hybridized carbons (Fsp3) is 0.625. The van der Waals surface area contributed by atoms with Gasteiger partial charge in [-0.25, -0.2) is 8.42 Å². The molecule has 1 aliphatic carbocycles. The lowest BCUT2D eigenvalue weighted by Crippen LogP contribution is -2.16. The lowest BCUT2D eigenvalue weighted by atomic mass is 9.84. The van der Waals surface area contributed by atoms with Crippen molar-refractivity contribution in [1.82, 2.24) is 0 Å². The molecule has 1 fully saturated rings. The largest absolute Gasteiger partial charge is 0.382 e. The Bertz CT molecular complexity index is 699. The molecule has 0 amide bonds. The summed E-state index contributed by atoms with van der Waals surface area (Å²) in [4.78, 5) is 0. The molecule has 7 heteroatoms. The molecule has 130 valence electrons. The van der Waals surface area contributed by atoms with Gasteiger partial charge in [0, 0.05) is 6.26 Å². The summed E-state index contributed by atoms with van der Waals surface area (Å²) in [5.41, 5.74) is 1.23. The maximum absolute atomic E-state index is 11.9. The minimum atomic E-state index is -3.76. The highest BCUT2D eigenvalue weighted by Crippen LogP contribution is 2.33. The second-order valence-electron chi connectivity index (χ2n) is 6.23. The summed E-state index contributed by atoms with van der Waals surface area (Å²) in [6.45, 7) is 0. The number of hydrogen-bond acceptors (Lipinski definition) is 5. The molecule has 0 spiro atoms. The molecule has 1 aromatic carbocycles. The highest BCUT2D eigenvalue weighted by molar-refractivity contribution is 7.90. The first-order valence-electron chi connectivity index (χ1n) is 7.95. The van der Waals surface area contributed by atoms with Crippen LogP contribution in [-0.2, 0) is 20.0 Å². The molecular weight excluding hydrogens is 336 g/mol. The van der Waals surface area contributed by atoms with Gasteiger partial charge in [0.1, 0.15) is 15.6 Å². The van der Waals surface area contributed by atoms with E-state index in [9.17, 15) is 16.8 Å². The highest BCUT2D eigenvalue weighted by Gasteiger charge is 2.17. The molecule has 0 unspecified atom stereocenters. The fourth-order valence-electron chi connectivity index (χ4n) is 2.92. The number of sulfone groups is 1. The Morgan fingerprint density at radius 1 is 0.957 bits per heavy atom. The van der Waals surface area contributed by atoms with Crippen molar-refractivity contribution in [2.24, 2.45) is 0 Å². The topological polar surface area (TPSA) is 77.5 Å². The van der Waals surface area contributed by atoms with Crippen molar-refractivity contribution in [3.63, 3.8) is 0 Å². The summed E-state index contributed by atoms with van der Waals surface area (Å²) in [6.07, 6.45) is 7.29. The maximum atomic E-state index is 11.9. The van der Waals surface area contributed by atoms with Crippen molar-refractivity contribution in [2.75, 3.05) is 17.8 Å². The van der Waals surface area contributed by atoms with Crippen molar-refractivity contribution in [2.45, 2.75) is 44.4 Å². The van der Waals surface area contributed by atoms with Crippen LogP contribution in [0.4, 0.5) is 0 Å². The lowest BCUT2D eigenvalue weighted by Gasteiger charge is -2.22. The van der Waals surface area contributed by atoms with E-state index in [1.165, 1.54) is 37.7 Å². The Morgan fingerprint density at radius 3 is 2.13 bits per heavy atom. The van der Waals surface area contributed by atoms with Gasteiger partial charge in [0.25, 0.3) is 0 Å². The molecule has 0 atom stereocenters. The molecule has 1 aromatic rings. The summed E-state index contributed by atoms with van der Waals surface area (Å²) in [5.74, 6) is 0.383. The van der Waals surface area contributed by atoms with Crippen molar-refractivity contribution in [1.29, 1.82) is 0 Å². The molecule has 0 N–H and O–H groups in total. The van der Waals surface area contributed by atoms with Crippen LogP contribution in [0.3, 0.4) is 0 Å². The van der Waals surface area contributed by atoms with E-state index in [0.717, 1.165) is 6.26 Å². The third kappa shape index (κ3) is 6.51. The van der Waals surface area contributed by atoms with Crippen molar-refractivity contribution < 1.29 is 21.0 Å². The molecule has 0 saturated heterocycles. The molecule has 0 heterocycles. The quantitative estimate of drug-likeness (QED) is 0.699. The van der Waals surface area contributed by atoms with Gasteiger partial charge >= 0.3 is 10.1 Å². The molecule has 5 nitrogen and oxygen atoms in total. The normalized spacial score (nSPS) is 17.1. The van der Waals surface area contributed by atoms with Gasteiger partial charge in [0.2, 0.25) is 0 Å². The van der Waals surface area contributed by atoms with Gasteiger partial charge < -0.3 is 4.18 Å². The van der Waals surface area contributed by atoms with Crippen molar-refractivity contribution >= 4 is 20.0 Å². The first-order chi connectivity index (χ1) is 10.8. The highest BCUT2D eigenvalue weighted by atomic mass is 32.2. The van der Waals surface area contributed by atoms with Crippen LogP contribution in [0.15, 0.2) is 24.3 Å². The summed E-state index contributed by atoms with van der Waals surface area (Å²) < 4.78 is 50.8. The van der Waals surface area contributed by atoms with Crippen LogP contribution in [0.25, 0.3) is 0 Å². The van der Waals surface area contributed by atoms with E-state index in [0.29, 0.717) is 5.92 Å². The molecule has 1 saturated carbocycles. The Hall–Kier alpha value is -1.08. The fourth-order valence-corrected chi connectivity index (χ4v) is 4.75. The Labute approximate surface area is 139 Å². The van der Waals surface area contributed by atoms with Crippen LogP contribution >= 0.6 is 0 Å². The van der Waals surface area contributed by atoms with E-state index >= 15 is 0 Å². The third-order valence-electron chi connectivity index (χ3n) is 4.09. The van der Waals surface area contributed by atoms with E-state index < -0.39 is 20.0 Å². The van der Waals surface area contributed by atoms with Crippen LogP contribution < -0.4 is 4.18 Å². The lowest BCUT2D eigenvalue weighted by molar-refractivity contribution is 0.443. The predicted molar refractivity (Wildman–Crippen MR) is 91.0 cm³/mol. The van der Waals surface area contributed by atoms with E-state index in [4.69, 9.17) is 4.18 Å². The SMILES string of the molecule is CS(=O)(=O)CCCS(=O)(=O)Oc1ccc(C2CCCCC2)cc1. The van der Waals surface area contributed by atoms with E-state index in [2.05, 4.69) is 0 Å². The van der Waals surface area contributed by atoms with Gasteiger partial charge in [-0.1, -0.05) is 31.4 Å². The standard InChI is InChI=1S/C16H24O5S2/c1-22(17,18)12-5-13-23(19,20)21-16-10-8-15(9-11-16)14-6-3-2-4-7-14/h8-11,14H,2-7,12-13H2,1H3. The van der Waals surface area contributed by atoms with Crippen LogP contribution in [0.2, 0.25) is 0 Å². The van der Waals surface area contributed by atoms with Gasteiger partial charge in [-0.05, 0) is 42.9 Å². The molecule has 2 rings (SSSR count). The zero-order valence-corrected chi connectivity index (χ0v) is 15.0. The second kappa shape index (κ2) is 7.66. The van der Waals surface area contributed by atoms with Crippen LogP contribution in [-0.4, -0.2) is 34.6 Å². The summed E-state index contributed by atoms with van der Waals surface area (Å²) in [7, 11) is -6.92. The second-order valence-corrected chi connectivity index (χ2v) is 10.2. The first kappa shape index (κ1) is 18.3. The van der Waals surface area contributed by atoms with Gasteiger partial charge in [0.05, 0.1) is 11.5 Å². The minimum Gasteiger partial charge on any atom is -0.382 e. The Morgan fingerprint density at radius 2 is 1.57 bits per heavy atom. The molecule has 23 heavy (non-hydrogen) atoms. The number of hydrogen-bond donors (Lipinski definition) is 0. The number of rotatable bonds is 7. The molecule has 0 bridgehead atoms. The summed E-state index contributed by atoms with van der Waals surface area (Å²) >= 11 is 0. The molecular formula is C16H24O5S2. The van der Waals surface area contributed by atoms with Crippen LogP contribution in [0.1, 0.15) is 50.0 Å². The zero-order chi connectivity index (χ0) is 16.9. The van der Waals surface area contributed by atoms with Crippen LogP contribution in [0.5, 0.6) is 5.75 Å². The van der Waals surface area contributed by atoms with Gasteiger partial charge in [0.15, 0.2) is 0 Å². The Balaban J connectivity index is 1.91. The summed E-state index contributed by atoms with van der Waals surface area (Å²) in [5, 5.41) is 0. The van der Waals surface area contributed by atoms with Gasteiger partial charge in [-0.3, -0.25) is 0 Å². The average molecular weight is 360 g/mol. The molecule has 1 aliphatic rings. The summed E-state index contributed by atoms with van der Waals surface area (Å²) in [6, 6.07) is 7.21. The minimum absolute atomic E-state index is 0.0430. The van der Waals surface area contributed by atoms with Crippen molar-refractivity contribution in [3.8, 4) is 5.75 Å². The molecule has 0 radical (unpaired) electrons. The average Bonchev–Trinajstić information content (AvgIpc) is 2.47. The first-order valence-corrected chi connectivity index (χ1v) is 11.6. The predicted octanol–water partition coefficient (Wildman–Crippen LogP) is 2.88. The van der Waals surface area contributed by atoms with Gasteiger partial charge in [-0.15, -0.1) is 0 Å². The van der Waals surface area contributed by atoms with Crippen LogP contribution in [0, 0.1) is 0 Å². The monoisotopic (exact) mass is 360 g/mol.